The zero-order chi connectivity index (χ0) is 13.0. The molecule has 1 unspecified atom stereocenters. The molecule has 0 aliphatic heterocycles. The van der Waals surface area contributed by atoms with Crippen LogP contribution in [0.5, 0.6) is 0 Å². The van der Waals surface area contributed by atoms with E-state index in [1.54, 1.807) is 0 Å². The van der Waals surface area contributed by atoms with Crippen molar-refractivity contribution in [2.45, 2.75) is 51.1 Å². The third-order valence-electron chi connectivity index (χ3n) is 4.19. The van der Waals surface area contributed by atoms with Gasteiger partial charge in [-0.2, -0.15) is 0 Å². The smallest absolute Gasteiger partial charge is 0.128 e. The summed E-state index contributed by atoms with van der Waals surface area (Å²) < 4.78 is 0. The van der Waals surface area contributed by atoms with Crippen LogP contribution in [-0.2, 0) is 0 Å². The summed E-state index contributed by atoms with van der Waals surface area (Å²) in [5, 5.41) is 3.28. The quantitative estimate of drug-likeness (QED) is 0.886. The van der Waals surface area contributed by atoms with E-state index in [-0.39, 0.29) is 0 Å². The highest BCUT2D eigenvalue weighted by Crippen LogP contribution is 2.26. The lowest BCUT2D eigenvalue weighted by atomic mass is 9.94. The fourth-order valence-corrected chi connectivity index (χ4v) is 2.72. The van der Waals surface area contributed by atoms with E-state index in [1.165, 1.54) is 37.7 Å². The first-order valence-corrected chi connectivity index (χ1v) is 7.08. The van der Waals surface area contributed by atoms with E-state index in [0.717, 1.165) is 5.82 Å². The Balaban J connectivity index is 2.11. The molecule has 0 saturated heterocycles. The molecule has 3 nitrogen and oxygen atoms in total. The van der Waals surface area contributed by atoms with E-state index in [2.05, 4.69) is 41.3 Å². The van der Waals surface area contributed by atoms with Crippen LogP contribution in [0.25, 0.3) is 0 Å². The Morgan fingerprint density at radius 1 is 1.33 bits per heavy atom. The van der Waals surface area contributed by atoms with Gasteiger partial charge < -0.3 is 10.2 Å². The van der Waals surface area contributed by atoms with Crippen molar-refractivity contribution in [2.75, 3.05) is 19.0 Å². The molecule has 1 saturated carbocycles. The van der Waals surface area contributed by atoms with Gasteiger partial charge in [0.25, 0.3) is 0 Å². The maximum Gasteiger partial charge on any atom is 0.128 e. The molecule has 1 aromatic rings. The minimum absolute atomic E-state index is 0.381. The van der Waals surface area contributed by atoms with Gasteiger partial charge in [-0.05, 0) is 44.5 Å². The third kappa shape index (κ3) is 3.02. The van der Waals surface area contributed by atoms with Gasteiger partial charge in [0.15, 0.2) is 0 Å². The first-order valence-electron chi connectivity index (χ1n) is 7.08. The first kappa shape index (κ1) is 13.3. The molecule has 0 aromatic carbocycles. The summed E-state index contributed by atoms with van der Waals surface area (Å²) in [5.74, 6) is 1.11. The summed E-state index contributed by atoms with van der Waals surface area (Å²) in [5.41, 5.74) is 1.31. The van der Waals surface area contributed by atoms with Crippen LogP contribution in [0.3, 0.4) is 0 Å². The zero-order valence-electron chi connectivity index (χ0n) is 11.8. The van der Waals surface area contributed by atoms with Gasteiger partial charge in [-0.25, -0.2) is 4.98 Å². The van der Waals surface area contributed by atoms with Crippen LogP contribution in [0, 0.1) is 0 Å². The SMILES string of the molecule is CNC(C)c1ccnc(N(C)C2CCCCC2)c1. The van der Waals surface area contributed by atoms with Crippen LogP contribution in [-0.4, -0.2) is 25.1 Å². The molecular weight excluding hydrogens is 222 g/mol. The van der Waals surface area contributed by atoms with Crippen molar-refractivity contribution in [1.82, 2.24) is 10.3 Å². The topological polar surface area (TPSA) is 28.2 Å². The molecule has 2 rings (SSSR count). The number of hydrogen-bond acceptors (Lipinski definition) is 3. The Morgan fingerprint density at radius 2 is 2.06 bits per heavy atom. The maximum absolute atomic E-state index is 4.53. The molecular formula is C15H25N3. The van der Waals surface area contributed by atoms with Crippen LogP contribution in [0.4, 0.5) is 5.82 Å². The number of aromatic nitrogens is 1. The zero-order valence-corrected chi connectivity index (χ0v) is 11.8. The van der Waals surface area contributed by atoms with Gasteiger partial charge in [0.05, 0.1) is 0 Å². The summed E-state index contributed by atoms with van der Waals surface area (Å²) >= 11 is 0. The van der Waals surface area contributed by atoms with Crippen LogP contribution < -0.4 is 10.2 Å². The van der Waals surface area contributed by atoms with Crippen LogP contribution in [0.2, 0.25) is 0 Å². The van der Waals surface area contributed by atoms with Crippen molar-refractivity contribution in [3.63, 3.8) is 0 Å². The summed E-state index contributed by atoms with van der Waals surface area (Å²) in [6.07, 6.45) is 8.67. The highest BCUT2D eigenvalue weighted by Gasteiger charge is 2.19. The molecule has 18 heavy (non-hydrogen) atoms. The summed E-state index contributed by atoms with van der Waals surface area (Å²) in [4.78, 5) is 6.90. The van der Waals surface area contributed by atoms with E-state index in [9.17, 15) is 0 Å². The molecule has 1 aliphatic rings. The number of hydrogen-bond donors (Lipinski definition) is 1. The Hall–Kier alpha value is -1.09. The predicted molar refractivity (Wildman–Crippen MR) is 77.0 cm³/mol. The summed E-state index contributed by atoms with van der Waals surface area (Å²) in [7, 11) is 4.18. The number of pyridine rings is 1. The Labute approximate surface area is 111 Å². The molecule has 1 heterocycles. The fraction of sp³-hybridized carbons (Fsp3) is 0.667. The van der Waals surface area contributed by atoms with Crippen LogP contribution >= 0.6 is 0 Å². The van der Waals surface area contributed by atoms with Gasteiger partial charge in [-0.3, -0.25) is 0 Å². The standard InChI is InChI=1S/C15H25N3/c1-12(16-2)13-9-10-17-15(11-13)18(3)14-7-5-4-6-8-14/h9-12,14,16H,4-8H2,1-3H3. The lowest BCUT2D eigenvalue weighted by molar-refractivity contribution is 0.426. The minimum atomic E-state index is 0.381. The van der Waals surface area contributed by atoms with E-state index in [1.807, 2.05) is 13.2 Å². The first-order chi connectivity index (χ1) is 8.72. The highest BCUT2D eigenvalue weighted by molar-refractivity contribution is 5.42. The molecule has 1 aliphatic carbocycles. The van der Waals surface area contributed by atoms with Crippen molar-refractivity contribution in [3.05, 3.63) is 23.9 Å². The predicted octanol–water partition coefficient (Wildman–Crippen LogP) is 3.13. The van der Waals surface area contributed by atoms with Gasteiger partial charge in [-0.1, -0.05) is 19.3 Å². The molecule has 0 amide bonds. The van der Waals surface area contributed by atoms with Crippen molar-refractivity contribution >= 4 is 5.82 Å². The van der Waals surface area contributed by atoms with Crippen LogP contribution in [0.15, 0.2) is 18.3 Å². The molecule has 1 aromatic heterocycles. The van der Waals surface area contributed by atoms with Gasteiger partial charge >= 0.3 is 0 Å². The third-order valence-corrected chi connectivity index (χ3v) is 4.19. The van der Waals surface area contributed by atoms with Crippen molar-refractivity contribution in [2.24, 2.45) is 0 Å². The maximum atomic E-state index is 4.53. The lowest BCUT2D eigenvalue weighted by Gasteiger charge is -2.32. The lowest BCUT2D eigenvalue weighted by Crippen LogP contribution is -2.34. The van der Waals surface area contributed by atoms with E-state index < -0.39 is 0 Å². The molecule has 1 atom stereocenters. The second-order valence-electron chi connectivity index (χ2n) is 5.36. The number of nitrogens with one attached hydrogen (secondary N) is 1. The van der Waals surface area contributed by atoms with Gasteiger partial charge in [0.2, 0.25) is 0 Å². The second-order valence-corrected chi connectivity index (χ2v) is 5.36. The molecule has 3 heteroatoms. The van der Waals surface area contributed by atoms with E-state index >= 15 is 0 Å². The molecule has 100 valence electrons. The van der Waals surface area contributed by atoms with Crippen molar-refractivity contribution in [1.29, 1.82) is 0 Å². The van der Waals surface area contributed by atoms with E-state index in [4.69, 9.17) is 0 Å². The normalized spacial score (nSPS) is 18.6. The average molecular weight is 247 g/mol. The second kappa shape index (κ2) is 6.19. The number of anilines is 1. The van der Waals surface area contributed by atoms with E-state index in [0.29, 0.717) is 12.1 Å². The van der Waals surface area contributed by atoms with Gasteiger partial charge in [-0.15, -0.1) is 0 Å². The fourth-order valence-electron chi connectivity index (χ4n) is 2.72. The molecule has 1 fully saturated rings. The highest BCUT2D eigenvalue weighted by atomic mass is 15.2. The Bertz CT molecular complexity index is 372. The number of rotatable bonds is 4. The summed E-state index contributed by atoms with van der Waals surface area (Å²) in [6.45, 7) is 2.18. The van der Waals surface area contributed by atoms with Crippen LogP contribution in [0.1, 0.15) is 50.6 Å². The monoisotopic (exact) mass is 247 g/mol. The van der Waals surface area contributed by atoms with Crippen molar-refractivity contribution < 1.29 is 0 Å². The molecule has 0 radical (unpaired) electrons. The van der Waals surface area contributed by atoms with Gasteiger partial charge in [0.1, 0.15) is 5.82 Å². The Morgan fingerprint density at radius 3 is 2.72 bits per heavy atom. The van der Waals surface area contributed by atoms with Gasteiger partial charge in [0, 0.05) is 25.3 Å². The summed E-state index contributed by atoms with van der Waals surface area (Å²) in [6, 6.07) is 5.37. The van der Waals surface area contributed by atoms with Crippen molar-refractivity contribution in [3.8, 4) is 0 Å². The molecule has 0 spiro atoms. The average Bonchev–Trinajstić information content (AvgIpc) is 2.46. The Kier molecular flexibility index (Phi) is 4.59. The largest absolute Gasteiger partial charge is 0.357 e. The molecule has 1 N–H and O–H groups in total. The minimum Gasteiger partial charge on any atom is -0.357 e. The molecule has 0 bridgehead atoms. The number of nitrogens with zero attached hydrogens (tertiary/aromatic N) is 2.